The van der Waals surface area contributed by atoms with Gasteiger partial charge in [-0.3, -0.25) is 0 Å². The van der Waals surface area contributed by atoms with Gasteiger partial charge >= 0.3 is 0 Å². The van der Waals surface area contributed by atoms with E-state index in [2.05, 4.69) is 0 Å². The summed E-state index contributed by atoms with van der Waals surface area (Å²) in [5.41, 5.74) is 1.81. The Kier molecular flexibility index (Phi) is 4.79. The first kappa shape index (κ1) is 13.6. The molecule has 1 atom stereocenters. The number of rotatable bonds is 3. The molecule has 0 aliphatic heterocycles. The molecule has 5 heteroatoms. The van der Waals surface area contributed by atoms with Crippen molar-refractivity contribution in [2.24, 2.45) is 0 Å². The van der Waals surface area contributed by atoms with E-state index in [0.29, 0.717) is 0 Å². The van der Waals surface area contributed by atoms with E-state index >= 15 is 0 Å². The highest BCUT2D eigenvalue weighted by Gasteiger charge is 1.98. The average Bonchev–Trinajstić information content (AvgIpc) is 2.36. The van der Waals surface area contributed by atoms with Crippen LogP contribution in [0.3, 0.4) is 0 Å². The number of nitriles is 2. The fraction of sp³-hybridized carbons (Fsp3) is 0.0769. The largest absolute Gasteiger partial charge is 0.595 e. The summed E-state index contributed by atoms with van der Waals surface area (Å²) >= 11 is 0. The van der Waals surface area contributed by atoms with Crippen LogP contribution in [0.2, 0.25) is 0 Å². The molecule has 1 aromatic rings. The number of quaternary nitrogens is 1. The van der Waals surface area contributed by atoms with E-state index in [0.717, 1.165) is 11.1 Å². The zero-order chi connectivity index (χ0) is 13.5. The van der Waals surface area contributed by atoms with Crippen molar-refractivity contribution >= 4 is 11.8 Å². The van der Waals surface area contributed by atoms with Gasteiger partial charge in [0.1, 0.15) is 17.7 Å². The highest BCUT2D eigenvalue weighted by molar-refractivity contribution is 5.58. The van der Waals surface area contributed by atoms with Crippen LogP contribution >= 0.6 is 0 Å². The summed E-state index contributed by atoms with van der Waals surface area (Å²) < 4.78 is 0. The maximum Gasteiger partial charge on any atom is 0.163 e. The summed E-state index contributed by atoms with van der Waals surface area (Å²) in [4.78, 5) is 0. The normalized spacial score (nSPS) is 12.2. The summed E-state index contributed by atoms with van der Waals surface area (Å²) in [7, 11) is 0. The summed E-state index contributed by atoms with van der Waals surface area (Å²) in [6.07, 6.45) is 3.24. The molecule has 0 saturated heterocycles. The van der Waals surface area contributed by atoms with E-state index in [9.17, 15) is 5.21 Å². The van der Waals surface area contributed by atoms with Crippen molar-refractivity contribution < 1.29 is 10.4 Å². The van der Waals surface area contributed by atoms with Crippen LogP contribution in [0.5, 0.6) is 0 Å². The molecule has 2 N–H and O–H groups in total. The lowest BCUT2D eigenvalue weighted by atomic mass is 10.1. The summed E-state index contributed by atoms with van der Waals surface area (Å²) in [6.45, 7) is 1.76. The molecule has 0 aliphatic carbocycles. The van der Waals surface area contributed by atoms with E-state index < -0.39 is 5.23 Å². The Morgan fingerprint density at radius 2 is 1.83 bits per heavy atom. The number of nitrogens with one attached hydrogen (secondary N) is 1. The molecule has 18 heavy (non-hydrogen) atoms. The van der Waals surface area contributed by atoms with Gasteiger partial charge in [-0.2, -0.15) is 15.8 Å². The van der Waals surface area contributed by atoms with Crippen LogP contribution in [0, 0.1) is 27.9 Å². The second kappa shape index (κ2) is 6.33. The lowest BCUT2D eigenvalue weighted by Crippen LogP contribution is -2.99. The molecular weight excluding hydrogens is 230 g/mol. The van der Waals surface area contributed by atoms with Gasteiger partial charge in [0.25, 0.3) is 0 Å². The first-order chi connectivity index (χ1) is 8.56. The van der Waals surface area contributed by atoms with Gasteiger partial charge in [-0.1, -0.05) is 6.08 Å². The van der Waals surface area contributed by atoms with Gasteiger partial charge in [0, 0.05) is 12.1 Å². The van der Waals surface area contributed by atoms with E-state index in [4.69, 9.17) is 15.7 Å². The fourth-order valence-electron chi connectivity index (χ4n) is 1.34. The Morgan fingerprint density at radius 3 is 2.28 bits per heavy atom. The van der Waals surface area contributed by atoms with Crippen molar-refractivity contribution in [3.63, 3.8) is 0 Å². The number of hydrogen-bond acceptors (Lipinski definition) is 4. The SMILES string of the molecule is C/C(C=C(C#N)C#N)=C\c1ccc([NH+]([O-])O)cc1. The van der Waals surface area contributed by atoms with Crippen molar-refractivity contribution in [3.8, 4) is 12.1 Å². The zero-order valence-corrected chi connectivity index (χ0v) is 9.71. The summed E-state index contributed by atoms with van der Waals surface area (Å²) in [5, 5.41) is 35.6. The topological polar surface area (TPSA) is 95.3 Å². The van der Waals surface area contributed by atoms with E-state index in [-0.39, 0.29) is 11.3 Å². The Hall–Kier alpha value is -2.44. The molecule has 0 saturated carbocycles. The van der Waals surface area contributed by atoms with Gasteiger partial charge in [-0.05, 0) is 36.3 Å². The molecule has 0 heterocycles. The molecule has 1 unspecified atom stereocenters. The van der Waals surface area contributed by atoms with E-state index in [1.54, 1.807) is 37.3 Å². The molecule has 0 aromatic heterocycles. The fourth-order valence-corrected chi connectivity index (χ4v) is 1.34. The van der Waals surface area contributed by atoms with Gasteiger partial charge in [-0.25, -0.2) is 5.21 Å². The van der Waals surface area contributed by atoms with E-state index in [1.807, 2.05) is 0 Å². The third-order valence-corrected chi connectivity index (χ3v) is 2.16. The monoisotopic (exact) mass is 241 g/mol. The van der Waals surface area contributed by atoms with Crippen molar-refractivity contribution in [2.75, 3.05) is 0 Å². The van der Waals surface area contributed by atoms with Crippen LogP contribution in [0.1, 0.15) is 12.5 Å². The van der Waals surface area contributed by atoms with Gasteiger partial charge in [0.2, 0.25) is 0 Å². The van der Waals surface area contributed by atoms with Crippen molar-refractivity contribution in [1.82, 2.24) is 0 Å². The predicted octanol–water partition coefficient (Wildman–Crippen LogP) is 1.47. The molecule has 0 radical (unpaired) electrons. The lowest BCUT2D eigenvalue weighted by molar-refractivity contribution is -0.991. The minimum atomic E-state index is -0.974. The molecule has 1 aromatic carbocycles. The smallest absolute Gasteiger partial charge is 0.163 e. The molecule has 90 valence electrons. The van der Waals surface area contributed by atoms with Crippen LogP contribution in [0.25, 0.3) is 6.08 Å². The molecule has 0 fully saturated rings. The minimum absolute atomic E-state index is 0.0332. The quantitative estimate of drug-likeness (QED) is 0.476. The Morgan fingerprint density at radius 1 is 1.28 bits per heavy atom. The van der Waals surface area contributed by atoms with Crippen LogP contribution in [0.4, 0.5) is 5.69 Å². The van der Waals surface area contributed by atoms with Crippen molar-refractivity contribution in [3.05, 3.63) is 52.3 Å². The number of allylic oxidation sites excluding steroid dienone is 3. The first-order valence-corrected chi connectivity index (χ1v) is 5.10. The standard InChI is InChI=1S/C13H11N3O2/c1-10(7-12(8-14)9-15)6-11-2-4-13(5-3-11)16(17)18/h2-7,16-17H,1H3/b10-6+. The first-order valence-electron chi connectivity index (χ1n) is 5.10. The van der Waals surface area contributed by atoms with Gasteiger partial charge < -0.3 is 5.21 Å². The predicted molar refractivity (Wildman–Crippen MR) is 65.2 cm³/mol. The van der Waals surface area contributed by atoms with Gasteiger partial charge in [-0.15, -0.1) is 0 Å². The third kappa shape index (κ3) is 3.85. The highest BCUT2D eigenvalue weighted by Crippen LogP contribution is 2.11. The minimum Gasteiger partial charge on any atom is -0.595 e. The number of nitrogens with zero attached hydrogens (tertiary/aromatic N) is 2. The lowest BCUT2D eigenvalue weighted by Gasteiger charge is -2.10. The maximum absolute atomic E-state index is 10.7. The van der Waals surface area contributed by atoms with Crippen molar-refractivity contribution in [1.29, 1.82) is 10.5 Å². The highest BCUT2D eigenvalue weighted by atomic mass is 16.8. The Bertz CT molecular complexity index is 541. The van der Waals surface area contributed by atoms with E-state index in [1.165, 1.54) is 18.2 Å². The van der Waals surface area contributed by atoms with Crippen LogP contribution in [-0.2, 0) is 0 Å². The van der Waals surface area contributed by atoms with Crippen LogP contribution < -0.4 is 5.23 Å². The average molecular weight is 241 g/mol. The van der Waals surface area contributed by atoms with Gasteiger partial charge in [0.15, 0.2) is 5.69 Å². The van der Waals surface area contributed by atoms with Crippen LogP contribution in [0.15, 0.2) is 41.5 Å². The number of hydrogen-bond donors (Lipinski definition) is 2. The molecule has 0 aliphatic rings. The van der Waals surface area contributed by atoms with Crippen molar-refractivity contribution in [2.45, 2.75) is 6.92 Å². The molecule has 5 nitrogen and oxygen atoms in total. The van der Waals surface area contributed by atoms with Gasteiger partial charge in [0.05, 0.1) is 0 Å². The molecule has 0 bridgehead atoms. The second-order valence-electron chi connectivity index (χ2n) is 3.60. The maximum atomic E-state index is 10.7. The number of benzene rings is 1. The molecular formula is C13H11N3O2. The van der Waals surface area contributed by atoms with Crippen LogP contribution in [-0.4, -0.2) is 5.21 Å². The molecule has 0 amide bonds. The Balaban J connectivity index is 2.94. The summed E-state index contributed by atoms with van der Waals surface area (Å²) in [6, 6.07) is 9.88. The Labute approximate surface area is 105 Å². The second-order valence-corrected chi connectivity index (χ2v) is 3.60. The third-order valence-electron chi connectivity index (χ3n) is 2.16. The molecule has 1 rings (SSSR count). The molecule has 0 spiro atoms. The summed E-state index contributed by atoms with van der Waals surface area (Å²) in [5.74, 6) is 0. The zero-order valence-electron chi connectivity index (χ0n) is 9.71.